The van der Waals surface area contributed by atoms with Gasteiger partial charge in [-0.1, -0.05) is 13.3 Å². The first-order valence-corrected chi connectivity index (χ1v) is 5.88. The van der Waals surface area contributed by atoms with Crippen LogP contribution >= 0.6 is 0 Å². The van der Waals surface area contributed by atoms with E-state index in [2.05, 4.69) is 28.5 Å². The van der Waals surface area contributed by atoms with Gasteiger partial charge in [0.2, 0.25) is 0 Å². The first-order valence-electron chi connectivity index (χ1n) is 5.88. The Labute approximate surface area is 101 Å². The predicted octanol–water partition coefficient (Wildman–Crippen LogP) is 1.56. The van der Waals surface area contributed by atoms with Crippen LogP contribution in [0, 0.1) is 17.2 Å². The lowest BCUT2D eigenvalue weighted by atomic mass is 10.0. The average molecular weight is 234 g/mol. The molecule has 0 spiro atoms. The highest BCUT2D eigenvalue weighted by molar-refractivity contribution is 5.50. The molecule has 0 amide bonds. The fourth-order valence-corrected chi connectivity index (χ4v) is 1.73. The summed E-state index contributed by atoms with van der Waals surface area (Å²) in [6.07, 6.45) is 4.40. The number of aromatic nitrogens is 2. The molecule has 1 aromatic rings. The van der Waals surface area contributed by atoms with Crippen LogP contribution in [-0.4, -0.2) is 28.5 Å². The molecule has 5 nitrogen and oxygen atoms in total. The molecule has 1 heterocycles. The summed E-state index contributed by atoms with van der Waals surface area (Å²) < 4.78 is 0. The first-order chi connectivity index (χ1) is 8.31. The summed E-state index contributed by atoms with van der Waals surface area (Å²) in [6.45, 7) is 3.02. The summed E-state index contributed by atoms with van der Waals surface area (Å²) >= 11 is 0. The molecule has 0 aliphatic rings. The number of aliphatic hydroxyl groups is 1. The Morgan fingerprint density at radius 2 is 2.35 bits per heavy atom. The molecule has 0 aliphatic carbocycles. The van der Waals surface area contributed by atoms with Gasteiger partial charge in [0.15, 0.2) is 5.82 Å². The quantitative estimate of drug-likeness (QED) is 0.748. The van der Waals surface area contributed by atoms with Crippen LogP contribution < -0.4 is 5.32 Å². The molecule has 2 N–H and O–H groups in total. The minimum Gasteiger partial charge on any atom is -0.396 e. The fourth-order valence-electron chi connectivity index (χ4n) is 1.73. The Hall–Kier alpha value is -1.67. The van der Waals surface area contributed by atoms with Crippen molar-refractivity contribution >= 4 is 5.82 Å². The van der Waals surface area contributed by atoms with Crippen LogP contribution in [0.15, 0.2) is 12.3 Å². The maximum Gasteiger partial charge on any atom is 0.166 e. The second-order valence-corrected chi connectivity index (χ2v) is 3.95. The highest BCUT2D eigenvalue weighted by atomic mass is 16.3. The second-order valence-electron chi connectivity index (χ2n) is 3.95. The van der Waals surface area contributed by atoms with Gasteiger partial charge in [-0.25, -0.2) is 0 Å². The van der Waals surface area contributed by atoms with Gasteiger partial charge in [0.1, 0.15) is 6.07 Å². The summed E-state index contributed by atoms with van der Waals surface area (Å²) in [6, 6.07) is 3.70. The van der Waals surface area contributed by atoms with Crippen molar-refractivity contribution in [2.75, 3.05) is 18.5 Å². The summed E-state index contributed by atoms with van der Waals surface area (Å²) in [4.78, 5) is 0. The zero-order chi connectivity index (χ0) is 12.5. The van der Waals surface area contributed by atoms with Crippen molar-refractivity contribution in [2.45, 2.75) is 26.2 Å². The zero-order valence-corrected chi connectivity index (χ0v) is 10.1. The minimum absolute atomic E-state index is 0.192. The van der Waals surface area contributed by atoms with Crippen molar-refractivity contribution in [1.29, 1.82) is 5.26 Å². The molecule has 0 bridgehead atoms. The van der Waals surface area contributed by atoms with Crippen molar-refractivity contribution in [3.8, 4) is 6.07 Å². The molecule has 1 aromatic heterocycles. The molecule has 1 unspecified atom stereocenters. The molecule has 0 aliphatic heterocycles. The van der Waals surface area contributed by atoms with Crippen molar-refractivity contribution in [3.63, 3.8) is 0 Å². The van der Waals surface area contributed by atoms with E-state index in [1.54, 1.807) is 6.07 Å². The van der Waals surface area contributed by atoms with Gasteiger partial charge in [-0.15, -0.1) is 5.10 Å². The third kappa shape index (κ3) is 4.37. The Morgan fingerprint density at radius 3 is 3.00 bits per heavy atom. The average Bonchev–Trinajstić information content (AvgIpc) is 2.37. The summed E-state index contributed by atoms with van der Waals surface area (Å²) in [5.41, 5.74) is 0.499. The molecular formula is C12H18N4O. The Kier molecular flexibility index (Phi) is 5.97. The Morgan fingerprint density at radius 1 is 1.53 bits per heavy atom. The minimum atomic E-state index is 0.192. The van der Waals surface area contributed by atoms with Crippen LogP contribution in [0.25, 0.3) is 0 Å². The lowest BCUT2D eigenvalue weighted by molar-refractivity contribution is 0.255. The Balaban J connectivity index is 2.56. The monoisotopic (exact) mass is 234 g/mol. The van der Waals surface area contributed by atoms with Gasteiger partial charge >= 0.3 is 0 Å². The van der Waals surface area contributed by atoms with Crippen LogP contribution in [-0.2, 0) is 0 Å². The van der Waals surface area contributed by atoms with Crippen LogP contribution in [0.3, 0.4) is 0 Å². The lowest BCUT2D eigenvalue weighted by Crippen LogP contribution is -2.17. The molecular weight excluding hydrogens is 216 g/mol. The van der Waals surface area contributed by atoms with Crippen molar-refractivity contribution in [1.82, 2.24) is 10.2 Å². The van der Waals surface area contributed by atoms with E-state index < -0.39 is 0 Å². The molecule has 1 atom stereocenters. The second kappa shape index (κ2) is 7.58. The number of nitrogens with one attached hydrogen (secondary N) is 1. The van der Waals surface area contributed by atoms with Crippen LogP contribution in [0.2, 0.25) is 0 Å². The van der Waals surface area contributed by atoms with E-state index in [-0.39, 0.29) is 6.61 Å². The lowest BCUT2D eigenvalue weighted by Gasteiger charge is -2.16. The molecule has 5 heteroatoms. The molecule has 92 valence electrons. The highest BCUT2D eigenvalue weighted by Crippen LogP contribution is 2.14. The maximum absolute atomic E-state index is 8.95. The number of nitriles is 1. The van der Waals surface area contributed by atoms with E-state index in [4.69, 9.17) is 10.4 Å². The van der Waals surface area contributed by atoms with E-state index in [0.717, 1.165) is 19.3 Å². The maximum atomic E-state index is 8.95. The third-order valence-electron chi connectivity index (χ3n) is 2.63. The molecule has 0 aromatic carbocycles. The fraction of sp³-hybridized carbons (Fsp3) is 0.583. The van der Waals surface area contributed by atoms with Gasteiger partial charge < -0.3 is 10.4 Å². The van der Waals surface area contributed by atoms with E-state index in [1.165, 1.54) is 6.20 Å². The molecule has 1 rings (SSSR count). The van der Waals surface area contributed by atoms with Crippen molar-refractivity contribution in [3.05, 3.63) is 17.8 Å². The van der Waals surface area contributed by atoms with Gasteiger partial charge in [0.25, 0.3) is 0 Å². The molecule has 17 heavy (non-hydrogen) atoms. The number of hydrogen-bond acceptors (Lipinski definition) is 5. The van der Waals surface area contributed by atoms with Crippen LogP contribution in [0.1, 0.15) is 31.7 Å². The van der Waals surface area contributed by atoms with E-state index in [0.29, 0.717) is 23.8 Å². The standard InChI is InChI=1S/C12H18N4O/c1-2-3-10(5-7-17)9-14-12-11(8-13)4-6-15-16-12/h4,6,10,17H,2-3,5,7,9H2,1H3,(H,14,16). The van der Waals surface area contributed by atoms with Gasteiger partial charge in [-0.2, -0.15) is 10.4 Å². The summed E-state index contributed by atoms with van der Waals surface area (Å²) in [5.74, 6) is 0.924. The van der Waals surface area contributed by atoms with Gasteiger partial charge in [0.05, 0.1) is 11.8 Å². The number of anilines is 1. The van der Waals surface area contributed by atoms with Crippen LogP contribution in [0.5, 0.6) is 0 Å². The van der Waals surface area contributed by atoms with Crippen molar-refractivity contribution < 1.29 is 5.11 Å². The molecule has 0 radical (unpaired) electrons. The van der Waals surface area contributed by atoms with Gasteiger partial charge in [0, 0.05) is 13.2 Å². The normalized spacial score (nSPS) is 11.8. The van der Waals surface area contributed by atoms with Crippen molar-refractivity contribution in [2.24, 2.45) is 5.92 Å². The largest absolute Gasteiger partial charge is 0.396 e. The Bertz CT molecular complexity index is 369. The van der Waals surface area contributed by atoms with Crippen LogP contribution in [0.4, 0.5) is 5.82 Å². The SMILES string of the molecule is CCCC(CCO)CNc1nnccc1C#N. The summed E-state index contributed by atoms with van der Waals surface area (Å²) in [5, 5.41) is 28.6. The number of hydrogen-bond donors (Lipinski definition) is 2. The highest BCUT2D eigenvalue weighted by Gasteiger charge is 2.09. The topological polar surface area (TPSA) is 81.8 Å². The smallest absolute Gasteiger partial charge is 0.166 e. The summed E-state index contributed by atoms with van der Waals surface area (Å²) in [7, 11) is 0. The predicted molar refractivity (Wildman–Crippen MR) is 65.3 cm³/mol. The third-order valence-corrected chi connectivity index (χ3v) is 2.63. The number of rotatable bonds is 7. The molecule has 0 saturated heterocycles. The number of nitrogens with zero attached hydrogens (tertiary/aromatic N) is 3. The van der Waals surface area contributed by atoms with Gasteiger partial charge in [-0.05, 0) is 24.8 Å². The van der Waals surface area contributed by atoms with E-state index in [1.807, 2.05) is 0 Å². The van der Waals surface area contributed by atoms with Gasteiger partial charge in [-0.3, -0.25) is 0 Å². The zero-order valence-electron chi connectivity index (χ0n) is 10.1. The number of aliphatic hydroxyl groups excluding tert-OH is 1. The first kappa shape index (κ1) is 13.4. The molecule has 0 saturated carbocycles. The van der Waals surface area contributed by atoms with E-state index in [9.17, 15) is 0 Å². The van der Waals surface area contributed by atoms with E-state index >= 15 is 0 Å². The molecule has 0 fully saturated rings.